The van der Waals surface area contributed by atoms with Crippen LogP contribution < -0.4 is 0 Å². The Morgan fingerprint density at radius 1 is 1.19 bits per heavy atom. The first kappa shape index (κ1) is 13.2. The smallest absolute Gasteiger partial charge is 0.184 e. The molecule has 1 saturated carbocycles. The van der Waals surface area contributed by atoms with Gasteiger partial charge in [-0.15, -0.1) is 0 Å². The lowest BCUT2D eigenvalue weighted by Crippen LogP contribution is -2.04. The molecule has 0 saturated heterocycles. The van der Waals surface area contributed by atoms with Gasteiger partial charge in [0.2, 0.25) is 0 Å². The van der Waals surface area contributed by atoms with Crippen LogP contribution in [0.25, 0.3) is 0 Å². The highest BCUT2D eigenvalue weighted by Gasteiger charge is 2.24. The average Bonchev–Trinajstić information content (AvgIpc) is 2.48. The van der Waals surface area contributed by atoms with E-state index in [1.807, 2.05) is 0 Å². The number of Topliss-reactive ketones (excluding diaryl/α,β-unsaturated/α-hetero) is 1. The Labute approximate surface area is 99.6 Å². The third-order valence-corrected chi connectivity index (χ3v) is 2.80. The highest BCUT2D eigenvalue weighted by molar-refractivity contribution is 6.10. The number of carbonyl (C=O) groups is 1. The van der Waals surface area contributed by atoms with Crippen molar-refractivity contribution in [2.75, 3.05) is 0 Å². The summed E-state index contributed by atoms with van der Waals surface area (Å²) in [5, 5.41) is 0. The number of hydrogen-bond donors (Lipinski definition) is 0. The van der Waals surface area contributed by atoms with Crippen LogP contribution in [-0.2, 0) is 4.79 Å². The fourth-order valence-electron chi connectivity index (χ4n) is 2.04. The Morgan fingerprint density at radius 2 is 1.81 bits per heavy atom. The van der Waals surface area contributed by atoms with Crippen molar-refractivity contribution in [2.45, 2.75) is 59.8 Å². The Kier molecular flexibility index (Phi) is 4.52. The van der Waals surface area contributed by atoms with Gasteiger partial charge < -0.3 is 0 Å². The van der Waals surface area contributed by atoms with Gasteiger partial charge in [0.25, 0.3) is 0 Å². The molecule has 0 N–H and O–H groups in total. The molecule has 1 nitrogen and oxygen atoms in total. The van der Waals surface area contributed by atoms with E-state index in [4.69, 9.17) is 0 Å². The molecule has 1 fully saturated rings. The van der Waals surface area contributed by atoms with Gasteiger partial charge in [-0.2, -0.15) is 0 Å². The van der Waals surface area contributed by atoms with Crippen molar-refractivity contribution in [1.82, 2.24) is 0 Å². The second kappa shape index (κ2) is 5.47. The zero-order valence-electron chi connectivity index (χ0n) is 11.1. The fraction of sp³-hybridized carbons (Fsp3) is 0.667. The molecule has 90 valence electrons. The molecule has 0 unspecified atom stereocenters. The lowest BCUT2D eigenvalue weighted by Gasteiger charge is -2.12. The lowest BCUT2D eigenvalue weighted by molar-refractivity contribution is -0.111. The normalized spacial score (nSPS) is 22.4. The minimum Gasteiger partial charge on any atom is -0.289 e. The Bertz CT molecular complexity index is 313. The van der Waals surface area contributed by atoms with E-state index < -0.39 is 0 Å². The largest absolute Gasteiger partial charge is 0.289 e. The van der Waals surface area contributed by atoms with E-state index in [9.17, 15) is 4.79 Å². The predicted octanol–water partition coefficient (Wildman–Crippen LogP) is 4.44. The van der Waals surface area contributed by atoms with E-state index in [1.165, 1.54) is 12.8 Å². The zero-order valence-corrected chi connectivity index (χ0v) is 11.1. The molecule has 0 atom stereocenters. The van der Waals surface area contributed by atoms with Crippen LogP contribution >= 0.6 is 0 Å². The molecule has 1 heteroatoms. The highest BCUT2D eigenvalue weighted by atomic mass is 16.1. The lowest BCUT2D eigenvalue weighted by atomic mass is 9.92. The average molecular weight is 220 g/mol. The van der Waals surface area contributed by atoms with Crippen LogP contribution in [0.1, 0.15) is 59.8 Å². The maximum Gasteiger partial charge on any atom is 0.184 e. The summed E-state index contributed by atoms with van der Waals surface area (Å²) < 4.78 is 0. The molecule has 1 aliphatic rings. The highest BCUT2D eigenvalue weighted by Crippen LogP contribution is 2.30. The van der Waals surface area contributed by atoms with E-state index in [2.05, 4.69) is 39.8 Å². The number of unbranched alkanes of at least 4 members (excludes halogenated alkanes) is 2. The summed E-state index contributed by atoms with van der Waals surface area (Å²) in [6.07, 6.45) is 9.61. The molecule has 1 rings (SSSR count). The van der Waals surface area contributed by atoms with E-state index in [1.54, 1.807) is 0 Å². The minimum absolute atomic E-state index is 0.115. The maximum absolute atomic E-state index is 12.0. The summed E-state index contributed by atoms with van der Waals surface area (Å²) in [6, 6.07) is 0. The van der Waals surface area contributed by atoms with Crippen molar-refractivity contribution in [3.63, 3.8) is 0 Å². The van der Waals surface area contributed by atoms with Crippen LogP contribution in [0.3, 0.4) is 0 Å². The van der Waals surface area contributed by atoms with Gasteiger partial charge in [-0.05, 0) is 35.8 Å². The van der Waals surface area contributed by atoms with Crippen molar-refractivity contribution >= 4 is 5.78 Å². The molecular weight excluding hydrogens is 196 g/mol. The fourth-order valence-corrected chi connectivity index (χ4v) is 2.04. The van der Waals surface area contributed by atoms with Crippen LogP contribution in [0.15, 0.2) is 23.3 Å². The Morgan fingerprint density at radius 3 is 2.38 bits per heavy atom. The van der Waals surface area contributed by atoms with Gasteiger partial charge in [-0.3, -0.25) is 4.79 Å². The van der Waals surface area contributed by atoms with Crippen LogP contribution in [0.2, 0.25) is 0 Å². The van der Waals surface area contributed by atoms with Crippen molar-refractivity contribution in [2.24, 2.45) is 5.41 Å². The Hall–Kier alpha value is -0.850. The molecule has 0 aromatic rings. The quantitative estimate of drug-likeness (QED) is 0.507. The molecule has 0 aromatic heterocycles. The van der Waals surface area contributed by atoms with E-state index in [-0.39, 0.29) is 5.41 Å². The standard InChI is InChI=1S/C15H24O/c1-5-6-7-8-12-9-10-13(14(12)16)11-15(2,3)4/h8,11H,5-7,9-10H2,1-4H3. The number of allylic oxidation sites excluding steroid dienone is 4. The number of ketones is 1. The molecule has 0 bridgehead atoms. The molecular formula is C15H24O. The van der Waals surface area contributed by atoms with Gasteiger partial charge in [0.1, 0.15) is 0 Å². The summed E-state index contributed by atoms with van der Waals surface area (Å²) in [7, 11) is 0. The third kappa shape index (κ3) is 3.96. The topological polar surface area (TPSA) is 17.1 Å². The first-order valence-corrected chi connectivity index (χ1v) is 6.39. The number of rotatable bonds is 3. The molecule has 1 aliphatic carbocycles. The van der Waals surface area contributed by atoms with Crippen molar-refractivity contribution in [1.29, 1.82) is 0 Å². The number of hydrogen-bond acceptors (Lipinski definition) is 1. The SMILES string of the molecule is CCCCC=C1CCC(=CC(C)(C)C)C1=O. The molecule has 0 radical (unpaired) electrons. The molecule has 0 heterocycles. The van der Waals surface area contributed by atoms with Gasteiger partial charge in [0, 0.05) is 0 Å². The third-order valence-electron chi connectivity index (χ3n) is 2.80. The first-order valence-electron chi connectivity index (χ1n) is 6.39. The van der Waals surface area contributed by atoms with E-state index in [0.717, 1.165) is 30.4 Å². The van der Waals surface area contributed by atoms with Crippen molar-refractivity contribution in [3.8, 4) is 0 Å². The predicted molar refractivity (Wildman–Crippen MR) is 69.4 cm³/mol. The maximum atomic E-state index is 12.0. The van der Waals surface area contributed by atoms with Gasteiger partial charge >= 0.3 is 0 Å². The van der Waals surface area contributed by atoms with Crippen molar-refractivity contribution in [3.05, 3.63) is 23.3 Å². The van der Waals surface area contributed by atoms with Gasteiger partial charge in [-0.25, -0.2) is 0 Å². The zero-order chi connectivity index (χ0) is 12.2. The summed E-state index contributed by atoms with van der Waals surface area (Å²) in [5.41, 5.74) is 2.18. The summed E-state index contributed by atoms with van der Waals surface area (Å²) >= 11 is 0. The van der Waals surface area contributed by atoms with Crippen molar-refractivity contribution < 1.29 is 4.79 Å². The van der Waals surface area contributed by atoms with Crippen LogP contribution in [0, 0.1) is 5.41 Å². The molecule has 0 spiro atoms. The Balaban J connectivity index is 2.68. The number of carbonyl (C=O) groups excluding carboxylic acids is 1. The summed E-state index contributed by atoms with van der Waals surface area (Å²) in [4.78, 5) is 12.0. The molecule has 16 heavy (non-hydrogen) atoms. The molecule has 0 aromatic carbocycles. The first-order chi connectivity index (χ1) is 7.44. The van der Waals surface area contributed by atoms with Crippen LogP contribution in [0.5, 0.6) is 0 Å². The monoisotopic (exact) mass is 220 g/mol. The van der Waals surface area contributed by atoms with Gasteiger partial charge in [-0.1, -0.05) is 52.7 Å². The summed E-state index contributed by atoms with van der Waals surface area (Å²) in [5.74, 6) is 0.297. The summed E-state index contributed by atoms with van der Waals surface area (Å²) in [6.45, 7) is 8.62. The minimum atomic E-state index is 0.115. The van der Waals surface area contributed by atoms with Crippen LogP contribution in [0.4, 0.5) is 0 Å². The van der Waals surface area contributed by atoms with Crippen LogP contribution in [-0.4, -0.2) is 5.78 Å². The van der Waals surface area contributed by atoms with E-state index >= 15 is 0 Å². The van der Waals surface area contributed by atoms with Gasteiger partial charge in [0.05, 0.1) is 0 Å². The van der Waals surface area contributed by atoms with Gasteiger partial charge in [0.15, 0.2) is 5.78 Å². The molecule has 0 amide bonds. The molecule has 0 aliphatic heterocycles. The second-order valence-electron chi connectivity index (χ2n) is 5.74. The second-order valence-corrected chi connectivity index (χ2v) is 5.74. The van der Waals surface area contributed by atoms with E-state index in [0.29, 0.717) is 5.78 Å².